The molecule has 0 fully saturated rings. The number of hydrogen-bond donors (Lipinski definition) is 1. The van der Waals surface area contributed by atoms with Gasteiger partial charge in [-0.25, -0.2) is 4.98 Å². The van der Waals surface area contributed by atoms with Gasteiger partial charge in [-0.15, -0.1) is 11.3 Å². The summed E-state index contributed by atoms with van der Waals surface area (Å²) in [6.07, 6.45) is 1.49. The molecule has 0 bridgehead atoms. The number of halogens is 1. The second-order valence-corrected chi connectivity index (χ2v) is 6.87. The number of benzene rings is 2. The maximum Gasteiger partial charge on any atom is 0.266 e. The molecule has 4 nitrogen and oxygen atoms in total. The van der Waals surface area contributed by atoms with E-state index in [0.717, 1.165) is 16.1 Å². The second kappa shape index (κ2) is 7.96. The Hall–Kier alpha value is -2.94. The normalized spacial score (nSPS) is 11.0. The van der Waals surface area contributed by atoms with Crippen LogP contribution in [0, 0.1) is 18.3 Å². The van der Waals surface area contributed by atoms with Crippen molar-refractivity contribution in [3.8, 4) is 16.6 Å². The number of nitriles is 1. The number of aryl methyl sites for hydroxylation is 1. The number of nitrogens with zero attached hydrogens (tertiary/aromatic N) is 2. The molecule has 0 saturated carbocycles. The Kier molecular flexibility index (Phi) is 5.47. The van der Waals surface area contributed by atoms with Gasteiger partial charge in [-0.05, 0) is 37.3 Å². The molecule has 0 atom stereocenters. The summed E-state index contributed by atoms with van der Waals surface area (Å²) in [5.74, 6) is -0.461. The first-order chi connectivity index (χ1) is 12.5. The van der Waals surface area contributed by atoms with Gasteiger partial charge in [0.25, 0.3) is 5.91 Å². The van der Waals surface area contributed by atoms with E-state index < -0.39 is 5.91 Å². The monoisotopic (exact) mass is 379 g/mol. The molecule has 128 valence electrons. The summed E-state index contributed by atoms with van der Waals surface area (Å²) in [4.78, 5) is 16.8. The van der Waals surface area contributed by atoms with E-state index in [2.05, 4.69) is 10.3 Å². The average Bonchev–Trinajstić information content (AvgIpc) is 3.11. The van der Waals surface area contributed by atoms with Crippen molar-refractivity contribution in [2.24, 2.45) is 0 Å². The highest BCUT2D eigenvalue weighted by molar-refractivity contribution is 7.13. The third-order valence-electron chi connectivity index (χ3n) is 3.58. The highest BCUT2D eigenvalue weighted by Gasteiger charge is 2.11. The fraction of sp³-hybridized carbons (Fsp3) is 0.0500. The van der Waals surface area contributed by atoms with Gasteiger partial charge in [-0.3, -0.25) is 4.79 Å². The number of aromatic nitrogens is 1. The van der Waals surface area contributed by atoms with Crippen LogP contribution >= 0.6 is 22.9 Å². The van der Waals surface area contributed by atoms with E-state index in [1.165, 1.54) is 17.4 Å². The number of hydrogen-bond acceptors (Lipinski definition) is 4. The van der Waals surface area contributed by atoms with Crippen LogP contribution in [0.2, 0.25) is 5.02 Å². The van der Waals surface area contributed by atoms with Crippen LogP contribution in [-0.4, -0.2) is 10.9 Å². The number of carbonyl (C=O) groups excluding carboxylic acids is 1. The largest absolute Gasteiger partial charge is 0.321 e. The van der Waals surface area contributed by atoms with Crippen molar-refractivity contribution in [2.75, 3.05) is 5.32 Å². The molecular formula is C20H14ClN3OS. The van der Waals surface area contributed by atoms with Gasteiger partial charge in [-0.1, -0.05) is 41.4 Å². The number of rotatable bonds is 4. The zero-order valence-corrected chi connectivity index (χ0v) is 15.4. The first-order valence-electron chi connectivity index (χ1n) is 7.76. The van der Waals surface area contributed by atoms with Crippen LogP contribution in [0.5, 0.6) is 0 Å². The van der Waals surface area contributed by atoms with Crippen molar-refractivity contribution >= 4 is 40.6 Å². The molecule has 1 aromatic heterocycles. The van der Waals surface area contributed by atoms with Crippen molar-refractivity contribution in [1.82, 2.24) is 4.98 Å². The minimum absolute atomic E-state index is 0.00136. The molecule has 26 heavy (non-hydrogen) atoms. The Balaban J connectivity index is 1.78. The van der Waals surface area contributed by atoms with Crippen LogP contribution in [0.4, 0.5) is 5.69 Å². The average molecular weight is 380 g/mol. The minimum atomic E-state index is -0.461. The lowest BCUT2D eigenvalue weighted by Gasteiger charge is -2.04. The first kappa shape index (κ1) is 17.9. The molecule has 1 N–H and O–H groups in total. The summed E-state index contributed by atoms with van der Waals surface area (Å²) in [7, 11) is 0. The SMILES string of the molecule is Cc1ccc(NC(=O)/C(C#N)=C/c2csc(-c3ccc(Cl)cc3)n2)cc1. The Labute approximate surface area is 160 Å². The number of nitrogens with one attached hydrogen (secondary N) is 1. The number of anilines is 1. The van der Waals surface area contributed by atoms with Crippen molar-refractivity contribution in [2.45, 2.75) is 6.92 Å². The zero-order chi connectivity index (χ0) is 18.5. The van der Waals surface area contributed by atoms with E-state index in [1.54, 1.807) is 29.6 Å². The molecule has 0 aliphatic rings. The fourth-order valence-electron chi connectivity index (χ4n) is 2.21. The number of carbonyl (C=O) groups is 1. The van der Waals surface area contributed by atoms with Crippen LogP contribution in [0.3, 0.4) is 0 Å². The van der Waals surface area contributed by atoms with Gasteiger partial charge in [0.05, 0.1) is 5.69 Å². The lowest BCUT2D eigenvalue weighted by molar-refractivity contribution is -0.112. The second-order valence-electron chi connectivity index (χ2n) is 5.57. The maximum atomic E-state index is 12.3. The van der Waals surface area contributed by atoms with Crippen LogP contribution < -0.4 is 5.32 Å². The van der Waals surface area contributed by atoms with Gasteiger partial charge in [-0.2, -0.15) is 5.26 Å². The van der Waals surface area contributed by atoms with Crippen LogP contribution in [0.1, 0.15) is 11.3 Å². The molecule has 3 rings (SSSR count). The predicted octanol–water partition coefficient (Wildman–Crippen LogP) is 5.32. The van der Waals surface area contributed by atoms with E-state index in [4.69, 9.17) is 11.6 Å². The highest BCUT2D eigenvalue weighted by atomic mass is 35.5. The molecule has 0 spiro atoms. The maximum absolute atomic E-state index is 12.3. The molecule has 3 aromatic rings. The summed E-state index contributed by atoms with van der Waals surface area (Å²) in [5, 5.41) is 15.3. The lowest BCUT2D eigenvalue weighted by atomic mass is 10.2. The quantitative estimate of drug-likeness (QED) is 0.493. The van der Waals surface area contributed by atoms with E-state index in [-0.39, 0.29) is 5.57 Å². The summed E-state index contributed by atoms with van der Waals surface area (Å²) >= 11 is 7.33. The summed E-state index contributed by atoms with van der Waals surface area (Å²) in [6, 6.07) is 16.7. The third-order valence-corrected chi connectivity index (χ3v) is 4.74. The summed E-state index contributed by atoms with van der Waals surface area (Å²) in [6.45, 7) is 1.97. The molecule has 2 aromatic carbocycles. The molecule has 0 unspecified atom stereocenters. The number of amides is 1. The highest BCUT2D eigenvalue weighted by Crippen LogP contribution is 2.26. The molecule has 0 aliphatic carbocycles. The molecule has 0 aliphatic heterocycles. The summed E-state index contributed by atoms with van der Waals surface area (Å²) in [5.41, 5.74) is 3.23. The molecule has 6 heteroatoms. The van der Waals surface area contributed by atoms with Crippen molar-refractivity contribution in [3.63, 3.8) is 0 Å². The van der Waals surface area contributed by atoms with Crippen molar-refractivity contribution in [1.29, 1.82) is 5.26 Å². The Morgan fingerprint density at radius 1 is 1.19 bits per heavy atom. The Morgan fingerprint density at radius 2 is 1.88 bits per heavy atom. The topological polar surface area (TPSA) is 65.8 Å². The number of thiazole rings is 1. The third kappa shape index (κ3) is 4.37. The zero-order valence-electron chi connectivity index (χ0n) is 13.9. The van der Waals surface area contributed by atoms with Gasteiger partial charge in [0.15, 0.2) is 0 Å². The van der Waals surface area contributed by atoms with Gasteiger partial charge in [0, 0.05) is 21.7 Å². The van der Waals surface area contributed by atoms with Crippen LogP contribution in [0.25, 0.3) is 16.6 Å². The van der Waals surface area contributed by atoms with Gasteiger partial charge >= 0.3 is 0 Å². The molecular weight excluding hydrogens is 366 g/mol. The van der Waals surface area contributed by atoms with E-state index in [9.17, 15) is 10.1 Å². The van der Waals surface area contributed by atoms with Gasteiger partial charge < -0.3 is 5.32 Å². The van der Waals surface area contributed by atoms with E-state index in [1.807, 2.05) is 37.3 Å². The minimum Gasteiger partial charge on any atom is -0.321 e. The van der Waals surface area contributed by atoms with Crippen molar-refractivity contribution < 1.29 is 4.79 Å². The van der Waals surface area contributed by atoms with Crippen LogP contribution in [0.15, 0.2) is 59.5 Å². The van der Waals surface area contributed by atoms with Gasteiger partial charge in [0.1, 0.15) is 16.6 Å². The lowest BCUT2D eigenvalue weighted by Crippen LogP contribution is -2.13. The first-order valence-corrected chi connectivity index (χ1v) is 9.02. The van der Waals surface area contributed by atoms with E-state index >= 15 is 0 Å². The predicted molar refractivity (Wildman–Crippen MR) is 106 cm³/mol. The summed E-state index contributed by atoms with van der Waals surface area (Å²) < 4.78 is 0. The van der Waals surface area contributed by atoms with Crippen LogP contribution in [-0.2, 0) is 4.79 Å². The molecule has 0 radical (unpaired) electrons. The molecule has 1 heterocycles. The molecule has 0 saturated heterocycles. The molecule has 1 amide bonds. The Bertz CT molecular complexity index is 999. The smallest absolute Gasteiger partial charge is 0.266 e. The van der Waals surface area contributed by atoms with E-state index in [0.29, 0.717) is 16.4 Å². The Morgan fingerprint density at radius 3 is 2.54 bits per heavy atom. The van der Waals surface area contributed by atoms with Crippen molar-refractivity contribution in [3.05, 3.63) is 75.8 Å². The standard InChI is InChI=1S/C20H14ClN3OS/c1-13-2-8-17(9-3-13)23-19(25)15(11-22)10-18-12-26-20(24-18)14-4-6-16(21)7-5-14/h2-10,12H,1H3,(H,23,25)/b15-10+. The fourth-order valence-corrected chi connectivity index (χ4v) is 3.12. The van der Waals surface area contributed by atoms with Gasteiger partial charge in [0.2, 0.25) is 0 Å².